The van der Waals surface area contributed by atoms with Crippen molar-refractivity contribution in [2.24, 2.45) is 0 Å². The Morgan fingerprint density at radius 3 is 2.38 bits per heavy atom. The zero-order valence-electron chi connectivity index (χ0n) is 18.9. The Morgan fingerprint density at radius 1 is 1.00 bits per heavy atom. The van der Waals surface area contributed by atoms with Gasteiger partial charge in [-0.25, -0.2) is 0 Å². The van der Waals surface area contributed by atoms with E-state index >= 15 is 0 Å². The van der Waals surface area contributed by atoms with Crippen LogP contribution < -0.4 is 5.32 Å². The van der Waals surface area contributed by atoms with Crippen molar-refractivity contribution in [1.29, 1.82) is 0 Å². The lowest BCUT2D eigenvalue weighted by molar-refractivity contribution is -0.121. The summed E-state index contributed by atoms with van der Waals surface area (Å²) in [7, 11) is 0. The van der Waals surface area contributed by atoms with E-state index in [1.807, 2.05) is 30.3 Å². The van der Waals surface area contributed by atoms with Gasteiger partial charge >= 0.3 is 0 Å². The van der Waals surface area contributed by atoms with Crippen LogP contribution in [-0.2, 0) is 14.3 Å². The summed E-state index contributed by atoms with van der Waals surface area (Å²) in [5.74, 6) is 1.63. The van der Waals surface area contributed by atoms with Gasteiger partial charge in [-0.2, -0.15) is 0 Å². The van der Waals surface area contributed by atoms with E-state index in [0.717, 1.165) is 42.5 Å². The highest BCUT2D eigenvalue weighted by Gasteiger charge is 2.27. The van der Waals surface area contributed by atoms with Crippen LogP contribution >= 0.6 is 11.8 Å². The second-order valence-corrected chi connectivity index (χ2v) is 9.52. The van der Waals surface area contributed by atoms with Crippen LogP contribution in [0.1, 0.15) is 42.5 Å². The van der Waals surface area contributed by atoms with E-state index in [0.29, 0.717) is 24.8 Å². The standard InChI is InChI=1S/C26H32N2O3S/c1-19(2)20-8-10-21(11-9-20)23(28-12-14-30-15-13-28)18-27-26(29)24-25(32-17-16-31-24)22-6-4-3-5-7-22/h3-11,19,23H,12-18H2,1-2H3,(H,27,29)/t23-/m0/s1. The van der Waals surface area contributed by atoms with Crippen molar-refractivity contribution in [1.82, 2.24) is 10.2 Å². The van der Waals surface area contributed by atoms with E-state index < -0.39 is 0 Å². The molecular weight excluding hydrogens is 420 g/mol. The summed E-state index contributed by atoms with van der Waals surface area (Å²) in [5, 5.41) is 3.17. The van der Waals surface area contributed by atoms with E-state index in [9.17, 15) is 4.79 Å². The SMILES string of the molecule is CC(C)c1ccc([C@H](CNC(=O)C2=C(c3ccccc3)SCCO2)N2CCOCC2)cc1. The lowest BCUT2D eigenvalue weighted by Gasteiger charge is -2.35. The number of ether oxygens (including phenoxy) is 2. The zero-order chi connectivity index (χ0) is 22.3. The van der Waals surface area contributed by atoms with Crippen molar-refractivity contribution in [2.45, 2.75) is 25.8 Å². The van der Waals surface area contributed by atoms with Crippen LogP contribution in [0, 0.1) is 0 Å². The number of carbonyl (C=O) groups excluding carboxylic acids is 1. The van der Waals surface area contributed by atoms with Gasteiger partial charge in [-0.15, -0.1) is 11.8 Å². The normalized spacial score (nSPS) is 18.3. The van der Waals surface area contributed by atoms with Crippen molar-refractivity contribution in [3.8, 4) is 0 Å². The molecule has 1 fully saturated rings. The minimum absolute atomic E-state index is 0.0982. The largest absolute Gasteiger partial charge is 0.486 e. The summed E-state index contributed by atoms with van der Waals surface area (Å²) in [5.41, 5.74) is 3.56. The summed E-state index contributed by atoms with van der Waals surface area (Å²) in [6, 6.07) is 18.9. The molecule has 0 bridgehead atoms. The Hall–Kier alpha value is -2.28. The third-order valence-corrected chi connectivity index (χ3v) is 7.04. The predicted octanol–water partition coefficient (Wildman–Crippen LogP) is 4.43. The Balaban J connectivity index is 1.53. The van der Waals surface area contributed by atoms with Gasteiger partial charge in [-0.1, -0.05) is 68.4 Å². The van der Waals surface area contributed by atoms with Crippen molar-refractivity contribution >= 4 is 22.6 Å². The van der Waals surface area contributed by atoms with Crippen LogP contribution in [0.15, 0.2) is 60.4 Å². The van der Waals surface area contributed by atoms with Gasteiger partial charge in [-0.05, 0) is 22.6 Å². The Morgan fingerprint density at radius 2 is 1.69 bits per heavy atom. The van der Waals surface area contributed by atoms with Crippen molar-refractivity contribution < 1.29 is 14.3 Å². The lowest BCUT2D eigenvalue weighted by atomic mass is 9.98. The molecule has 1 N–H and O–H groups in total. The zero-order valence-corrected chi connectivity index (χ0v) is 19.7. The van der Waals surface area contributed by atoms with Gasteiger partial charge in [0, 0.05) is 25.4 Å². The minimum Gasteiger partial charge on any atom is -0.486 e. The van der Waals surface area contributed by atoms with Crippen LogP contribution in [0.3, 0.4) is 0 Å². The van der Waals surface area contributed by atoms with Crippen molar-refractivity contribution in [3.63, 3.8) is 0 Å². The third-order valence-electron chi connectivity index (χ3n) is 5.95. The maximum Gasteiger partial charge on any atom is 0.287 e. The molecule has 2 aliphatic heterocycles. The second-order valence-electron chi connectivity index (χ2n) is 8.42. The van der Waals surface area contributed by atoms with Crippen LogP contribution in [-0.4, -0.2) is 56.0 Å². The van der Waals surface area contributed by atoms with E-state index in [-0.39, 0.29) is 11.9 Å². The highest BCUT2D eigenvalue weighted by atomic mass is 32.2. The number of nitrogens with zero attached hydrogens (tertiary/aromatic N) is 1. The molecular formula is C26H32N2O3S. The first-order valence-electron chi connectivity index (χ1n) is 11.4. The smallest absolute Gasteiger partial charge is 0.287 e. The first-order valence-corrected chi connectivity index (χ1v) is 12.4. The molecule has 32 heavy (non-hydrogen) atoms. The number of morpholine rings is 1. The fourth-order valence-electron chi connectivity index (χ4n) is 4.11. The monoisotopic (exact) mass is 452 g/mol. The van der Waals surface area contributed by atoms with Crippen molar-refractivity contribution in [2.75, 3.05) is 45.2 Å². The highest BCUT2D eigenvalue weighted by molar-refractivity contribution is 8.08. The van der Waals surface area contributed by atoms with Gasteiger partial charge in [0.1, 0.15) is 0 Å². The molecule has 1 saturated heterocycles. The number of nitrogens with one attached hydrogen (secondary N) is 1. The second kappa shape index (κ2) is 11.0. The fraction of sp³-hybridized carbons (Fsp3) is 0.423. The molecule has 6 heteroatoms. The van der Waals surface area contributed by atoms with Crippen LogP contribution in [0.25, 0.3) is 4.91 Å². The summed E-state index contributed by atoms with van der Waals surface area (Å²) in [4.78, 5) is 16.5. The van der Waals surface area contributed by atoms with Gasteiger partial charge < -0.3 is 14.8 Å². The molecule has 4 rings (SSSR count). The number of amides is 1. The van der Waals surface area contributed by atoms with Gasteiger partial charge in [0.05, 0.1) is 30.8 Å². The number of hydrogen-bond donors (Lipinski definition) is 1. The molecule has 2 heterocycles. The average molecular weight is 453 g/mol. The quantitative estimate of drug-likeness (QED) is 0.674. The molecule has 1 atom stereocenters. The van der Waals surface area contributed by atoms with Gasteiger partial charge in [0.15, 0.2) is 5.76 Å². The third kappa shape index (κ3) is 5.55. The first kappa shape index (κ1) is 22.9. The molecule has 5 nitrogen and oxygen atoms in total. The summed E-state index contributed by atoms with van der Waals surface area (Å²) >= 11 is 1.68. The summed E-state index contributed by atoms with van der Waals surface area (Å²) in [6.07, 6.45) is 0. The number of benzene rings is 2. The first-order chi connectivity index (χ1) is 15.6. The number of carbonyl (C=O) groups is 1. The topological polar surface area (TPSA) is 50.8 Å². The van der Waals surface area contributed by atoms with Crippen LogP contribution in [0.2, 0.25) is 0 Å². The lowest BCUT2D eigenvalue weighted by Crippen LogP contribution is -2.44. The van der Waals surface area contributed by atoms with E-state index in [4.69, 9.17) is 9.47 Å². The molecule has 0 spiro atoms. The summed E-state index contributed by atoms with van der Waals surface area (Å²) in [6.45, 7) is 8.64. The molecule has 0 aliphatic carbocycles. The molecule has 0 saturated carbocycles. The molecule has 0 unspecified atom stereocenters. The fourth-order valence-corrected chi connectivity index (χ4v) is 5.07. The maximum atomic E-state index is 13.2. The minimum atomic E-state index is -0.145. The van der Waals surface area contributed by atoms with E-state index in [2.05, 4.69) is 48.3 Å². The molecule has 0 radical (unpaired) electrons. The predicted molar refractivity (Wildman–Crippen MR) is 130 cm³/mol. The maximum absolute atomic E-state index is 13.2. The molecule has 2 aliphatic rings. The van der Waals surface area contributed by atoms with Gasteiger partial charge in [0.25, 0.3) is 5.91 Å². The molecule has 0 aromatic heterocycles. The number of thioether (sulfide) groups is 1. The van der Waals surface area contributed by atoms with Gasteiger partial charge in [0.2, 0.25) is 0 Å². The van der Waals surface area contributed by atoms with E-state index in [1.165, 1.54) is 11.1 Å². The van der Waals surface area contributed by atoms with Crippen LogP contribution in [0.4, 0.5) is 0 Å². The summed E-state index contributed by atoms with van der Waals surface area (Å²) < 4.78 is 11.4. The molecule has 2 aromatic rings. The number of hydrogen-bond acceptors (Lipinski definition) is 5. The Kier molecular flexibility index (Phi) is 7.90. The van der Waals surface area contributed by atoms with Crippen LogP contribution in [0.5, 0.6) is 0 Å². The highest BCUT2D eigenvalue weighted by Crippen LogP contribution is 2.34. The molecule has 170 valence electrons. The Bertz CT molecular complexity index is 922. The van der Waals surface area contributed by atoms with Crippen molar-refractivity contribution in [3.05, 3.63) is 77.0 Å². The van der Waals surface area contributed by atoms with Gasteiger partial charge in [-0.3, -0.25) is 9.69 Å². The average Bonchev–Trinajstić information content (AvgIpc) is 2.85. The Labute approximate surface area is 195 Å². The number of rotatable bonds is 7. The molecule has 1 amide bonds. The molecule has 2 aromatic carbocycles. The van der Waals surface area contributed by atoms with E-state index in [1.54, 1.807) is 11.8 Å².